The zero-order chi connectivity index (χ0) is 15.4. The highest BCUT2D eigenvalue weighted by Crippen LogP contribution is 2.27. The number of hydrogen-bond donors (Lipinski definition) is 2. The van der Waals surface area contributed by atoms with Crippen molar-refractivity contribution >= 4 is 0 Å². The van der Waals surface area contributed by atoms with Crippen LogP contribution in [0.4, 0.5) is 0 Å². The number of benzene rings is 3. The van der Waals surface area contributed by atoms with Gasteiger partial charge in [-0.05, 0) is 51.6 Å². The van der Waals surface area contributed by atoms with E-state index in [0.29, 0.717) is 0 Å². The molecule has 0 aliphatic rings. The number of aliphatic hydroxyl groups excluding tert-OH is 2. The molecule has 3 aromatic carbocycles. The summed E-state index contributed by atoms with van der Waals surface area (Å²) < 4.78 is 0. The van der Waals surface area contributed by atoms with Crippen LogP contribution in [0.5, 0.6) is 0 Å². The van der Waals surface area contributed by atoms with Crippen molar-refractivity contribution in [3.63, 3.8) is 0 Å². The summed E-state index contributed by atoms with van der Waals surface area (Å²) in [6.07, 6.45) is 0. The molecule has 0 heterocycles. The monoisotopic (exact) mass is 290 g/mol. The van der Waals surface area contributed by atoms with Crippen LogP contribution in [0.3, 0.4) is 0 Å². The fourth-order valence-electron chi connectivity index (χ4n) is 2.58. The second kappa shape index (κ2) is 6.56. The smallest absolute Gasteiger partial charge is 0.0682 e. The van der Waals surface area contributed by atoms with Crippen molar-refractivity contribution in [1.29, 1.82) is 0 Å². The zero-order valence-electron chi connectivity index (χ0n) is 12.2. The minimum atomic E-state index is 0.0477. The maximum atomic E-state index is 9.28. The Morgan fingerprint density at radius 2 is 0.864 bits per heavy atom. The van der Waals surface area contributed by atoms with E-state index >= 15 is 0 Å². The van der Waals surface area contributed by atoms with E-state index in [1.54, 1.807) is 0 Å². The lowest BCUT2D eigenvalue weighted by Gasteiger charge is -2.08. The summed E-state index contributed by atoms with van der Waals surface area (Å²) in [5.74, 6) is 0. The molecule has 2 N–H and O–H groups in total. The predicted octanol–water partition coefficient (Wildman–Crippen LogP) is 4.01. The largest absolute Gasteiger partial charge is 0.392 e. The van der Waals surface area contributed by atoms with Gasteiger partial charge in [0.1, 0.15) is 0 Å². The van der Waals surface area contributed by atoms with Gasteiger partial charge in [0.05, 0.1) is 13.2 Å². The fraction of sp³-hybridized carbons (Fsp3) is 0.100. The maximum Gasteiger partial charge on any atom is 0.0682 e. The molecule has 110 valence electrons. The summed E-state index contributed by atoms with van der Waals surface area (Å²) in [5.41, 5.74) is 6.22. The minimum absolute atomic E-state index is 0.0477. The topological polar surface area (TPSA) is 40.5 Å². The van der Waals surface area contributed by atoms with Gasteiger partial charge in [-0.3, -0.25) is 0 Å². The first-order valence-corrected chi connectivity index (χ1v) is 7.30. The first-order valence-electron chi connectivity index (χ1n) is 7.30. The van der Waals surface area contributed by atoms with Gasteiger partial charge in [0.2, 0.25) is 0 Å². The second-order valence-corrected chi connectivity index (χ2v) is 5.30. The quantitative estimate of drug-likeness (QED) is 0.762. The molecule has 0 saturated heterocycles. The number of rotatable bonds is 4. The van der Waals surface area contributed by atoms with Crippen LogP contribution < -0.4 is 0 Å². The molecule has 3 aromatic rings. The SMILES string of the molecule is OCc1cccc(-c2cccc(-c3cccc(CO)c3)c2)c1. The number of hydrogen-bond acceptors (Lipinski definition) is 2. The van der Waals surface area contributed by atoms with Gasteiger partial charge in [-0.15, -0.1) is 0 Å². The highest BCUT2D eigenvalue weighted by Gasteiger charge is 2.03. The molecule has 3 rings (SSSR count). The van der Waals surface area contributed by atoms with Crippen LogP contribution >= 0.6 is 0 Å². The third kappa shape index (κ3) is 3.08. The van der Waals surface area contributed by atoms with Crippen molar-refractivity contribution in [3.05, 3.63) is 83.9 Å². The van der Waals surface area contributed by atoms with E-state index < -0.39 is 0 Å². The maximum absolute atomic E-state index is 9.28. The minimum Gasteiger partial charge on any atom is -0.392 e. The Morgan fingerprint density at radius 3 is 1.27 bits per heavy atom. The first-order chi connectivity index (χ1) is 10.8. The molecular formula is C20H18O2. The third-order valence-corrected chi connectivity index (χ3v) is 3.75. The Labute approximate surface area is 130 Å². The Hall–Kier alpha value is -2.42. The molecule has 0 bridgehead atoms. The average Bonchev–Trinajstić information content (AvgIpc) is 2.62. The highest BCUT2D eigenvalue weighted by atomic mass is 16.3. The van der Waals surface area contributed by atoms with E-state index in [4.69, 9.17) is 0 Å². The van der Waals surface area contributed by atoms with Crippen LogP contribution in [-0.4, -0.2) is 10.2 Å². The lowest BCUT2D eigenvalue weighted by Crippen LogP contribution is -1.87. The first kappa shape index (κ1) is 14.5. The lowest BCUT2D eigenvalue weighted by atomic mass is 9.97. The van der Waals surface area contributed by atoms with Gasteiger partial charge in [0.25, 0.3) is 0 Å². The van der Waals surface area contributed by atoms with E-state index in [0.717, 1.165) is 33.4 Å². The molecule has 0 fully saturated rings. The van der Waals surface area contributed by atoms with E-state index in [2.05, 4.69) is 18.2 Å². The van der Waals surface area contributed by atoms with Crippen LogP contribution in [-0.2, 0) is 13.2 Å². The Balaban J connectivity index is 2.01. The van der Waals surface area contributed by atoms with Crippen LogP contribution in [0.25, 0.3) is 22.3 Å². The Kier molecular flexibility index (Phi) is 4.33. The summed E-state index contributed by atoms with van der Waals surface area (Å²) in [7, 11) is 0. The van der Waals surface area contributed by atoms with Gasteiger partial charge in [-0.1, -0.05) is 54.6 Å². The molecule has 0 aliphatic heterocycles. The molecule has 0 aliphatic carbocycles. The van der Waals surface area contributed by atoms with Crippen molar-refractivity contribution in [3.8, 4) is 22.3 Å². The van der Waals surface area contributed by atoms with E-state index in [-0.39, 0.29) is 13.2 Å². The zero-order valence-corrected chi connectivity index (χ0v) is 12.2. The van der Waals surface area contributed by atoms with Gasteiger partial charge in [0, 0.05) is 0 Å². The summed E-state index contributed by atoms with van der Waals surface area (Å²) in [5, 5.41) is 18.6. The van der Waals surface area contributed by atoms with Crippen molar-refractivity contribution in [2.45, 2.75) is 13.2 Å². The molecule has 0 unspecified atom stereocenters. The molecule has 0 atom stereocenters. The molecule has 2 nitrogen and oxygen atoms in total. The van der Waals surface area contributed by atoms with Crippen molar-refractivity contribution in [2.24, 2.45) is 0 Å². The van der Waals surface area contributed by atoms with Gasteiger partial charge in [0.15, 0.2) is 0 Å². The van der Waals surface area contributed by atoms with Gasteiger partial charge < -0.3 is 10.2 Å². The normalized spacial score (nSPS) is 10.6. The van der Waals surface area contributed by atoms with Crippen molar-refractivity contribution in [1.82, 2.24) is 0 Å². The van der Waals surface area contributed by atoms with Gasteiger partial charge in [-0.2, -0.15) is 0 Å². The molecule has 0 radical (unpaired) electrons. The predicted molar refractivity (Wildman–Crippen MR) is 89.2 cm³/mol. The van der Waals surface area contributed by atoms with Crippen LogP contribution in [0.1, 0.15) is 11.1 Å². The van der Waals surface area contributed by atoms with Crippen molar-refractivity contribution < 1.29 is 10.2 Å². The molecular weight excluding hydrogens is 272 g/mol. The highest BCUT2D eigenvalue weighted by molar-refractivity contribution is 5.73. The third-order valence-electron chi connectivity index (χ3n) is 3.75. The van der Waals surface area contributed by atoms with E-state index in [1.807, 2.05) is 54.6 Å². The van der Waals surface area contributed by atoms with Gasteiger partial charge >= 0.3 is 0 Å². The van der Waals surface area contributed by atoms with Crippen LogP contribution in [0.15, 0.2) is 72.8 Å². The molecule has 0 saturated carbocycles. The van der Waals surface area contributed by atoms with E-state index in [9.17, 15) is 10.2 Å². The van der Waals surface area contributed by atoms with E-state index in [1.165, 1.54) is 0 Å². The van der Waals surface area contributed by atoms with Crippen LogP contribution in [0, 0.1) is 0 Å². The number of aliphatic hydroxyl groups is 2. The standard InChI is InChI=1S/C20H18O2/c21-13-15-4-1-6-17(10-15)19-8-3-9-20(12-19)18-7-2-5-16(11-18)14-22/h1-12,21-22H,13-14H2. The molecule has 2 heteroatoms. The summed E-state index contributed by atoms with van der Waals surface area (Å²) in [6, 6.07) is 24.1. The fourth-order valence-corrected chi connectivity index (χ4v) is 2.58. The Bertz CT molecular complexity index is 715. The van der Waals surface area contributed by atoms with Gasteiger partial charge in [-0.25, -0.2) is 0 Å². The summed E-state index contributed by atoms with van der Waals surface area (Å²) in [4.78, 5) is 0. The second-order valence-electron chi connectivity index (χ2n) is 5.30. The molecule has 0 amide bonds. The Morgan fingerprint density at radius 1 is 0.500 bits per heavy atom. The van der Waals surface area contributed by atoms with Crippen LogP contribution in [0.2, 0.25) is 0 Å². The van der Waals surface area contributed by atoms with Crippen molar-refractivity contribution in [2.75, 3.05) is 0 Å². The molecule has 0 spiro atoms. The average molecular weight is 290 g/mol. The summed E-state index contributed by atoms with van der Waals surface area (Å²) >= 11 is 0. The lowest BCUT2D eigenvalue weighted by molar-refractivity contribution is 0.281. The summed E-state index contributed by atoms with van der Waals surface area (Å²) in [6.45, 7) is 0.0954. The molecule has 0 aromatic heterocycles. The molecule has 22 heavy (non-hydrogen) atoms.